The lowest BCUT2D eigenvalue weighted by molar-refractivity contribution is -0.115. The molecule has 0 atom stereocenters. The number of hydrogen-bond donors (Lipinski definition) is 2. The van der Waals surface area contributed by atoms with Crippen LogP contribution in [0.1, 0.15) is 40.7 Å². The molecule has 0 spiro atoms. The van der Waals surface area contributed by atoms with Crippen molar-refractivity contribution in [3.8, 4) is 11.5 Å². The smallest absolute Gasteiger partial charge is 0.248 e. The number of hydrogen-bond acceptors (Lipinski definition) is 5. The van der Waals surface area contributed by atoms with E-state index in [-0.39, 0.29) is 33.7 Å². The van der Waals surface area contributed by atoms with Crippen LogP contribution in [0, 0.1) is 24.5 Å². The molecule has 4 aromatic rings. The second-order valence-electron chi connectivity index (χ2n) is 9.88. The van der Waals surface area contributed by atoms with E-state index in [1.165, 1.54) is 31.3 Å². The van der Waals surface area contributed by atoms with E-state index in [4.69, 9.17) is 10.5 Å². The number of nitrogens with two attached hydrogens (primary N) is 1. The Bertz CT molecular complexity index is 1580. The summed E-state index contributed by atoms with van der Waals surface area (Å²) < 4.78 is 38.0. The molecule has 3 fully saturated rings. The number of rotatable bonds is 7. The zero-order valence-corrected chi connectivity index (χ0v) is 19.9. The zero-order valence-electron chi connectivity index (χ0n) is 19.9. The summed E-state index contributed by atoms with van der Waals surface area (Å²) >= 11 is 0. The fourth-order valence-electron chi connectivity index (χ4n) is 5.23. The molecule has 188 valence electrons. The van der Waals surface area contributed by atoms with E-state index in [0.717, 1.165) is 31.2 Å². The van der Waals surface area contributed by atoms with Crippen molar-refractivity contribution in [1.29, 1.82) is 0 Å². The molecule has 2 aromatic heterocycles. The van der Waals surface area contributed by atoms with Crippen LogP contribution in [-0.4, -0.2) is 26.6 Å². The Kier molecular flexibility index (Phi) is 5.22. The Hall–Kier alpha value is -4.34. The number of nitrogens with one attached hydrogen (secondary N) is 1. The molecule has 2 bridgehead atoms. The molecule has 10 heteroatoms. The molecule has 0 aliphatic heterocycles. The van der Waals surface area contributed by atoms with Crippen molar-refractivity contribution >= 4 is 28.4 Å². The first kappa shape index (κ1) is 23.1. The minimum absolute atomic E-state index is 0.0386. The molecule has 3 saturated carbocycles. The molecule has 3 N–H and O–H groups in total. The van der Waals surface area contributed by atoms with E-state index >= 15 is 8.78 Å². The van der Waals surface area contributed by atoms with Gasteiger partial charge in [0.25, 0.3) is 0 Å². The molecule has 8 nitrogen and oxygen atoms in total. The summed E-state index contributed by atoms with van der Waals surface area (Å²) in [5.41, 5.74) is 6.39. The first-order chi connectivity index (χ1) is 17.7. The normalized spacial score (nSPS) is 19.7. The van der Waals surface area contributed by atoms with Gasteiger partial charge in [0.1, 0.15) is 23.1 Å². The molecule has 0 unspecified atom stereocenters. The number of aromatic nitrogens is 3. The van der Waals surface area contributed by atoms with Crippen molar-refractivity contribution in [2.45, 2.75) is 38.1 Å². The molecule has 37 heavy (non-hydrogen) atoms. The average molecular weight is 504 g/mol. The maximum Gasteiger partial charge on any atom is 0.248 e. The van der Waals surface area contributed by atoms with E-state index in [9.17, 15) is 9.59 Å². The number of carbonyl (C=O) groups excluding carboxylic acids is 2. The highest BCUT2D eigenvalue weighted by Crippen LogP contribution is 2.62. The van der Waals surface area contributed by atoms with Gasteiger partial charge >= 0.3 is 0 Å². The number of ether oxygens (including phenoxy) is 1. The second-order valence-corrected chi connectivity index (χ2v) is 9.88. The van der Waals surface area contributed by atoms with Crippen molar-refractivity contribution < 1.29 is 23.1 Å². The highest BCUT2D eigenvalue weighted by molar-refractivity contribution is 5.98. The molecule has 3 aliphatic rings. The summed E-state index contributed by atoms with van der Waals surface area (Å²) in [6, 6.07) is 7.22. The summed E-state index contributed by atoms with van der Waals surface area (Å²) in [7, 11) is 0. The Morgan fingerprint density at radius 1 is 1.19 bits per heavy atom. The number of benzene rings is 2. The van der Waals surface area contributed by atoms with Crippen LogP contribution >= 0.6 is 0 Å². The maximum atomic E-state index is 15.2. The third kappa shape index (κ3) is 3.89. The van der Waals surface area contributed by atoms with Gasteiger partial charge in [0.2, 0.25) is 11.8 Å². The quantitative estimate of drug-likeness (QED) is 0.383. The van der Waals surface area contributed by atoms with Crippen LogP contribution in [0.5, 0.6) is 11.5 Å². The molecule has 2 amide bonds. The fraction of sp³-hybridized carbons (Fsp3) is 0.259. The molecule has 2 heterocycles. The number of amides is 2. The van der Waals surface area contributed by atoms with Crippen molar-refractivity contribution in [2.75, 3.05) is 5.32 Å². The highest BCUT2D eigenvalue weighted by Gasteiger charge is 2.58. The van der Waals surface area contributed by atoms with Gasteiger partial charge in [0, 0.05) is 40.5 Å². The van der Waals surface area contributed by atoms with Crippen LogP contribution in [0.4, 0.5) is 14.5 Å². The Labute approximate surface area is 210 Å². The third-order valence-electron chi connectivity index (χ3n) is 7.41. The largest absolute Gasteiger partial charge is 0.456 e. The summed E-state index contributed by atoms with van der Waals surface area (Å²) in [5, 5.41) is 7.49. The van der Waals surface area contributed by atoms with Crippen molar-refractivity contribution in [3.05, 3.63) is 77.2 Å². The van der Waals surface area contributed by atoms with Gasteiger partial charge < -0.3 is 15.8 Å². The first-order valence-electron chi connectivity index (χ1n) is 11.9. The number of fused-ring (bicyclic) bond motifs is 1. The molecule has 0 radical (unpaired) electrons. The Morgan fingerprint density at radius 2 is 1.97 bits per heavy atom. The summed E-state index contributed by atoms with van der Waals surface area (Å²) in [6.45, 7) is 1.44. The van der Waals surface area contributed by atoms with Gasteiger partial charge in [-0.1, -0.05) is 0 Å². The number of nitrogens with zero attached hydrogens (tertiary/aromatic N) is 3. The van der Waals surface area contributed by atoms with Crippen LogP contribution in [-0.2, 0) is 16.8 Å². The van der Waals surface area contributed by atoms with Gasteiger partial charge in [-0.05, 0) is 56.4 Å². The van der Waals surface area contributed by atoms with Crippen molar-refractivity contribution in [3.63, 3.8) is 0 Å². The zero-order chi connectivity index (χ0) is 25.9. The fourth-order valence-corrected chi connectivity index (χ4v) is 5.23. The van der Waals surface area contributed by atoms with Gasteiger partial charge in [0.05, 0.1) is 29.4 Å². The first-order valence-corrected chi connectivity index (χ1v) is 11.9. The van der Waals surface area contributed by atoms with E-state index in [1.807, 2.05) is 4.68 Å². The molecular formula is C27H23F2N5O3. The predicted octanol–water partition coefficient (Wildman–Crippen LogP) is 4.60. The Morgan fingerprint density at radius 3 is 2.68 bits per heavy atom. The predicted molar refractivity (Wildman–Crippen MR) is 131 cm³/mol. The number of anilines is 1. The lowest BCUT2D eigenvalue weighted by Gasteiger charge is -2.61. The Balaban J connectivity index is 1.22. The van der Waals surface area contributed by atoms with E-state index in [1.54, 1.807) is 18.5 Å². The minimum Gasteiger partial charge on any atom is -0.456 e. The molecule has 7 rings (SSSR count). The highest BCUT2D eigenvalue weighted by atomic mass is 19.1. The monoisotopic (exact) mass is 503 g/mol. The maximum absolute atomic E-state index is 15.2. The minimum atomic E-state index is -0.908. The SMILES string of the molecule is Cc1c(Oc2ccnc3ccc(C(N)=O)cc23)cc(F)c(CC(=O)Nc2cnn(C34CC(C3)C4)c2)c1F. The van der Waals surface area contributed by atoms with Gasteiger partial charge in [-0.3, -0.25) is 19.3 Å². The van der Waals surface area contributed by atoms with Crippen LogP contribution in [0.2, 0.25) is 0 Å². The van der Waals surface area contributed by atoms with Crippen LogP contribution in [0.15, 0.2) is 48.9 Å². The van der Waals surface area contributed by atoms with E-state index in [0.29, 0.717) is 16.6 Å². The summed E-state index contributed by atoms with van der Waals surface area (Å²) in [5.74, 6) is -1.98. The van der Waals surface area contributed by atoms with Gasteiger partial charge in [-0.25, -0.2) is 8.78 Å². The van der Waals surface area contributed by atoms with Gasteiger partial charge in [0.15, 0.2) is 0 Å². The van der Waals surface area contributed by atoms with E-state index < -0.39 is 29.9 Å². The van der Waals surface area contributed by atoms with Crippen molar-refractivity contribution in [2.24, 2.45) is 11.7 Å². The number of pyridine rings is 1. The third-order valence-corrected chi connectivity index (χ3v) is 7.41. The molecule has 0 saturated heterocycles. The summed E-state index contributed by atoms with van der Waals surface area (Å²) in [4.78, 5) is 28.4. The lowest BCUT2D eigenvalue weighted by atomic mass is 9.50. The van der Waals surface area contributed by atoms with Gasteiger partial charge in [-0.15, -0.1) is 0 Å². The second kappa shape index (κ2) is 8.36. The number of halogens is 2. The van der Waals surface area contributed by atoms with Crippen LogP contribution in [0.3, 0.4) is 0 Å². The topological polar surface area (TPSA) is 112 Å². The molecule has 2 aromatic carbocycles. The average Bonchev–Trinajstić information content (AvgIpc) is 3.25. The molecular weight excluding hydrogens is 480 g/mol. The van der Waals surface area contributed by atoms with Crippen LogP contribution < -0.4 is 15.8 Å². The van der Waals surface area contributed by atoms with Crippen LogP contribution in [0.25, 0.3) is 10.9 Å². The standard InChI is InChI=1S/C27H23F2N5O3/c1-14-23(37-22-4-5-31-21-3-2-16(26(30)36)6-19(21)22)8-20(28)18(25(14)29)7-24(35)33-17-12-32-34(13-17)27-9-15(10-27)11-27/h2-6,8,12-13,15H,7,9-11H2,1H3,(H2,30,36)(H,33,35). The number of carbonyl (C=O) groups is 2. The van der Waals surface area contributed by atoms with Crippen molar-refractivity contribution in [1.82, 2.24) is 14.8 Å². The number of primary amides is 1. The van der Waals surface area contributed by atoms with Gasteiger partial charge in [-0.2, -0.15) is 5.10 Å². The molecule has 3 aliphatic carbocycles. The van der Waals surface area contributed by atoms with E-state index in [2.05, 4.69) is 15.4 Å². The summed E-state index contributed by atoms with van der Waals surface area (Å²) in [6.07, 6.45) is 7.63. The lowest BCUT2D eigenvalue weighted by Crippen LogP contribution is -2.59.